The largest absolute Gasteiger partial charge is 0.778 e. The quantitative estimate of drug-likeness (QED) is 0.477. The number of unbranched alkanes of at least 4 members (excludes halogenated alkanes) is 1. The standard InChI is InChI=1S/C10H23NO2S/c1-5-6-8-11(2,3)9-7-10-14(4,12)13/h4-10H2,1-3H3. The van der Waals surface area contributed by atoms with Gasteiger partial charge in [0.05, 0.1) is 27.2 Å². The van der Waals surface area contributed by atoms with Gasteiger partial charge in [-0.3, -0.25) is 4.21 Å². The fourth-order valence-corrected chi connectivity index (χ4v) is 1.98. The lowest BCUT2D eigenvalue weighted by atomic mass is 10.3. The van der Waals surface area contributed by atoms with Crippen LogP contribution in [-0.2, 0) is 9.80 Å². The molecular formula is C10H23NO2S. The molecule has 0 fully saturated rings. The fraction of sp³-hybridized carbons (Fsp3) is 0.900. The van der Waals surface area contributed by atoms with Gasteiger partial charge in [-0.1, -0.05) is 29.0 Å². The third-order valence-electron chi connectivity index (χ3n) is 2.34. The van der Waals surface area contributed by atoms with Crippen LogP contribution in [0.4, 0.5) is 0 Å². The van der Waals surface area contributed by atoms with Gasteiger partial charge in [-0.05, 0) is 6.42 Å². The lowest BCUT2D eigenvalue weighted by molar-refractivity contribution is -0.890. The lowest BCUT2D eigenvalue weighted by Gasteiger charge is -2.30. The highest BCUT2D eigenvalue weighted by molar-refractivity contribution is 7.94. The van der Waals surface area contributed by atoms with Gasteiger partial charge >= 0.3 is 0 Å². The van der Waals surface area contributed by atoms with Crippen molar-refractivity contribution >= 4 is 15.7 Å². The molecule has 0 aliphatic carbocycles. The third-order valence-corrected chi connectivity index (χ3v) is 3.25. The highest BCUT2D eigenvalue weighted by Gasteiger charge is 2.13. The van der Waals surface area contributed by atoms with E-state index in [2.05, 4.69) is 26.9 Å². The van der Waals surface area contributed by atoms with Crippen LogP contribution in [0.25, 0.3) is 0 Å². The highest BCUT2D eigenvalue weighted by atomic mass is 32.2. The van der Waals surface area contributed by atoms with E-state index in [0.717, 1.165) is 17.6 Å². The summed E-state index contributed by atoms with van der Waals surface area (Å²) in [4.78, 5) is 0. The summed E-state index contributed by atoms with van der Waals surface area (Å²) < 4.78 is 22.5. The second kappa shape index (κ2) is 5.73. The van der Waals surface area contributed by atoms with Crippen molar-refractivity contribution in [2.45, 2.75) is 26.2 Å². The van der Waals surface area contributed by atoms with Crippen LogP contribution >= 0.6 is 0 Å². The average Bonchev–Trinajstić information content (AvgIpc) is 1.98. The first-order chi connectivity index (χ1) is 6.27. The summed E-state index contributed by atoms with van der Waals surface area (Å²) in [7, 11) is 1.26. The summed E-state index contributed by atoms with van der Waals surface area (Å²) in [5, 5.41) is 0. The van der Waals surface area contributed by atoms with Crippen molar-refractivity contribution in [1.82, 2.24) is 0 Å². The van der Waals surface area contributed by atoms with Crippen molar-refractivity contribution < 1.29 is 13.2 Å². The van der Waals surface area contributed by atoms with E-state index in [1.54, 1.807) is 0 Å². The zero-order valence-corrected chi connectivity index (χ0v) is 10.4. The number of nitrogens with zero attached hydrogens (tertiary/aromatic N) is 1. The molecule has 0 aromatic rings. The molecule has 0 aromatic carbocycles. The summed E-state index contributed by atoms with van der Waals surface area (Å²) in [5.41, 5.74) is 0. The molecule has 0 heterocycles. The maximum atomic E-state index is 10.8. The molecule has 4 heteroatoms. The van der Waals surface area contributed by atoms with Crippen LogP contribution in [0, 0.1) is 0 Å². The highest BCUT2D eigenvalue weighted by Crippen LogP contribution is 2.03. The van der Waals surface area contributed by atoms with Gasteiger partial charge in [0.2, 0.25) is 0 Å². The Hall–Kier alpha value is -0.0600. The molecule has 0 radical (unpaired) electrons. The van der Waals surface area contributed by atoms with E-state index in [4.69, 9.17) is 0 Å². The summed E-state index contributed by atoms with van der Waals surface area (Å²) in [5.74, 6) is 3.33. The zero-order valence-electron chi connectivity index (χ0n) is 9.62. The number of hydrogen-bond acceptors (Lipinski definition) is 2. The Bertz CT molecular complexity index is 245. The maximum Gasteiger partial charge on any atom is 0.0790 e. The SMILES string of the molecule is C=S(=O)([O-])CCC[N+](C)(C)CCCC. The zero-order chi connectivity index (χ0) is 11.2. The Kier molecular flexibility index (Phi) is 5.71. The molecule has 0 amide bonds. The Labute approximate surface area is 88.5 Å². The molecule has 14 heavy (non-hydrogen) atoms. The predicted octanol–water partition coefficient (Wildman–Crippen LogP) is 1.10. The molecule has 3 nitrogen and oxygen atoms in total. The lowest BCUT2D eigenvalue weighted by Crippen LogP contribution is -2.41. The molecule has 0 aliphatic heterocycles. The van der Waals surface area contributed by atoms with E-state index in [9.17, 15) is 8.76 Å². The van der Waals surface area contributed by atoms with Gasteiger partial charge in [0.1, 0.15) is 0 Å². The maximum absolute atomic E-state index is 10.8. The molecule has 0 N–H and O–H groups in total. The van der Waals surface area contributed by atoms with Crippen LogP contribution in [0.5, 0.6) is 0 Å². The van der Waals surface area contributed by atoms with E-state index in [1.165, 1.54) is 12.8 Å². The molecule has 0 saturated heterocycles. The van der Waals surface area contributed by atoms with Crippen molar-refractivity contribution in [1.29, 1.82) is 0 Å². The van der Waals surface area contributed by atoms with Crippen LogP contribution in [-0.4, -0.2) is 52.1 Å². The van der Waals surface area contributed by atoms with E-state index in [0.29, 0.717) is 6.42 Å². The van der Waals surface area contributed by atoms with Gasteiger partial charge in [-0.25, -0.2) is 0 Å². The molecular weight excluding hydrogens is 198 g/mol. The van der Waals surface area contributed by atoms with Gasteiger partial charge in [0.25, 0.3) is 0 Å². The van der Waals surface area contributed by atoms with E-state index in [-0.39, 0.29) is 5.75 Å². The summed E-state index contributed by atoms with van der Waals surface area (Å²) in [6, 6.07) is 0. The van der Waals surface area contributed by atoms with Crippen LogP contribution in [0.3, 0.4) is 0 Å². The van der Waals surface area contributed by atoms with Crippen molar-refractivity contribution in [2.75, 3.05) is 32.9 Å². The predicted molar refractivity (Wildman–Crippen MR) is 62.3 cm³/mol. The molecule has 0 rings (SSSR count). The van der Waals surface area contributed by atoms with E-state index < -0.39 is 9.80 Å². The molecule has 0 aliphatic rings. The van der Waals surface area contributed by atoms with Crippen molar-refractivity contribution in [2.24, 2.45) is 0 Å². The Morgan fingerprint density at radius 1 is 1.29 bits per heavy atom. The minimum absolute atomic E-state index is 0.209. The van der Waals surface area contributed by atoms with Gasteiger partial charge in [0, 0.05) is 12.2 Å². The fourth-order valence-electron chi connectivity index (χ4n) is 1.41. The van der Waals surface area contributed by atoms with Crippen LogP contribution in [0.2, 0.25) is 0 Å². The van der Waals surface area contributed by atoms with Crippen molar-refractivity contribution in [3.8, 4) is 0 Å². The second-order valence-electron chi connectivity index (χ2n) is 4.54. The number of rotatable bonds is 7. The topological polar surface area (TPSA) is 40.1 Å². The van der Waals surface area contributed by atoms with Crippen molar-refractivity contribution in [3.63, 3.8) is 0 Å². The normalized spacial score (nSPS) is 16.6. The minimum Gasteiger partial charge on any atom is -0.778 e. The second-order valence-corrected chi connectivity index (χ2v) is 6.43. The van der Waals surface area contributed by atoms with Crippen molar-refractivity contribution in [3.05, 3.63) is 0 Å². The molecule has 0 spiro atoms. The molecule has 0 bridgehead atoms. The van der Waals surface area contributed by atoms with E-state index >= 15 is 0 Å². The Morgan fingerprint density at radius 3 is 2.21 bits per heavy atom. The minimum atomic E-state index is -3.03. The van der Waals surface area contributed by atoms with Crippen LogP contribution in [0.15, 0.2) is 0 Å². The van der Waals surface area contributed by atoms with Gasteiger partial charge < -0.3 is 9.04 Å². The molecule has 0 saturated carbocycles. The Balaban J connectivity index is 3.76. The first-order valence-corrected chi connectivity index (χ1v) is 6.97. The molecule has 86 valence electrons. The van der Waals surface area contributed by atoms with Gasteiger partial charge in [-0.15, -0.1) is 0 Å². The summed E-state index contributed by atoms with van der Waals surface area (Å²) >= 11 is 0. The smallest absolute Gasteiger partial charge is 0.0790 e. The monoisotopic (exact) mass is 221 g/mol. The van der Waals surface area contributed by atoms with Gasteiger partial charge in [0.15, 0.2) is 0 Å². The summed E-state index contributed by atoms with van der Waals surface area (Å²) in [6.45, 7) is 4.20. The number of hydrogen-bond donors (Lipinski definition) is 0. The third kappa shape index (κ3) is 8.53. The summed E-state index contributed by atoms with van der Waals surface area (Å²) in [6.07, 6.45) is 3.10. The first kappa shape index (κ1) is 13.9. The Morgan fingerprint density at radius 2 is 1.79 bits per heavy atom. The molecule has 1 atom stereocenters. The van der Waals surface area contributed by atoms with Crippen LogP contribution in [0.1, 0.15) is 26.2 Å². The average molecular weight is 221 g/mol. The first-order valence-electron chi connectivity index (χ1n) is 5.14. The van der Waals surface area contributed by atoms with E-state index in [1.807, 2.05) is 0 Å². The molecule has 1 unspecified atom stereocenters. The van der Waals surface area contributed by atoms with Crippen LogP contribution < -0.4 is 0 Å². The van der Waals surface area contributed by atoms with Gasteiger partial charge in [-0.2, -0.15) is 0 Å². The number of quaternary nitrogens is 1. The molecule has 0 aromatic heterocycles.